The number of nitrogens with one attached hydrogen (secondary N) is 2. The molecule has 3 heteroatoms. The molecule has 0 fully saturated rings. The van der Waals surface area contributed by atoms with Gasteiger partial charge in [0.25, 0.3) is 0 Å². The van der Waals surface area contributed by atoms with E-state index in [-0.39, 0.29) is 11.3 Å². The Bertz CT molecular complexity index is 360. The van der Waals surface area contributed by atoms with Gasteiger partial charge in [0.15, 0.2) is 0 Å². The average molecular weight is 248 g/mol. The lowest BCUT2D eigenvalue weighted by molar-refractivity contribution is -0.128. The molecule has 0 atom stereocenters. The Hall–Kier alpha value is -1.35. The molecule has 0 aromatic heterocycles. The van der Waals surface area contributed by atoms with E-state index in [1.807, 2.05) is 19.9 Å². The third-order valence-corrected chi connectivity index (χ3v) is 3.07. The molecule has 18 heavy (non-hydrogen) atoms. The van der Waals surface area contributed by atoms with Crippen LogP contribution in [-0.4, -0.2) is 26.0 Å². The van der Waals surface area contributed by atoms with Crippen LogP contribution in [0.2, 0.25) is 0 Å². The Morgan fingerprint density at radius 3 is 2.50 bits per heavy atom. The number of carbonyl (C=O) groups is 1. The van der Waals surface area contributed by atoms with Gasteiger partial charge in [0.05, 0.1) is 5.41 Å². The van der Waals surface area contributed by atoms with Gasteiger partial charge in [-0.25, -0.2) is 0 Å². The maximum absolute atomic E-state index is 11.6. The molecule has 0 aliphatic rings. The summed E-state index contributed by atoms with van der Waals surface area (Å²) < 4.78 is 0. The van der Waals surface area contributed by atoms with Crippen molar-refractivity contribution in [2.24, 2.45) is 5.41 Å². The fourth-order valence-corrected chi connectivity index (χ4v) is 1.88. The predicted molar refractivity (Wildman–Crippen MR) is 75.5 cm³/mol. The Kier molecular flexibility index (Phi) is 5.86. The van der Waals surface area contributed by atoms with Gasteiger partial charge in [0.1, 0.15) is 0 Å². The lowest BCUT2D eigenvalue weighted by Crippen LogP contribution is -2.42. The Balaban J connectivity index is 2.17. The zero-order valence-corrected chi connectivity index (χ0v) is 11.6. The predicted octanol–water partition coefficient (Wildman–Crippen LogP) is 1.98. The molecule has 1 aromatic rings. The van der Waals surface area contributed by atoms with Crippen molar-refractivity contribution in [2.75, 3.05) is 20.1 Å². The van der Waals surface area contributed by atoms with Crippen LogP contribution in [0.15, 0.2) is 30.3 Å². The number of hydrogen-bond donors (Lipinski definition) is 2. The van der Waals surface area contributed by atoms with E-state index in [0.29, 0.717) is 6.54 Å². The van der Waals surface area contributed by atoms with Crippen molar-refractivity contribution < 1.29 is 4.79 Å². The second-order valence-corrected chi connectivity index (χ2v) is 5.23. The van der Waals surface area contributed by atoms with E-state index in [1.54, 1.807) is 7.05 Å². The van der Waals surface area contributed by atoms with Crippen LogP contribution in [0.1, 0.15) is 25.8 Å². The number of hydrogen-bond acceptors (Lipinski definition) is 2. The van der Waals surface area contributed by atoms with Crippen molar-refractivity contribution in [3.05, 3.63) is 35.9 Å². The maximum atomic E-state index is 11.6. The molecular weight excluding hydrogens is 224 g/mol. The smallest absolute Gasteiger partial charge is 0.226 e. The van der Waals surface area contributed by atoms with Crippen molar-refractivity contribution in [2.45, 2.75) is 26.7 Å². The second-order valence-electron chi connectivity index (χ2n) is 5.23. The average Bonchev–Trinajstić information content (AvgIpc) is 2.38. The van der Waals surface area contributed by atoms with Crippen LogP contribution in [0.25, 0.3) is 0 Å². The first-order valence-electron chi connectivity index (χ1n) is 6.53. The van der Waals surface area contributed by atoms with Crippen LogP contribution in [0.5, 0.6) is 0 Å². The molecule has 0 spiro atoms. The van der Waals surface area contributed by atoms with Crippen molar-refractivity contribution in [3.63, 3.8) is 0 Å². The van der Waals surface area contributed by atoms with Gasteiger partial charge in [-0.15, -0.1) is 0 Å². The van der Waals surface area contributed by atoms with Gasteiger partial charge in [-0.1, -0.05) is 30.3 Å². The molecule has 2 N–H and O–H groups in total. The van der Waals surface area contributed by atoms with Gasteiger partial charge in [-0.2, -0.15) is 0 Å². The van der Waals surface area contributed by atoms with Crippen LogP contribution in [0.4, 0.5) is 0 Å². The van der Waals surface area contributed by atoms with E-state index in [0.717, 1.165) is 19.4 Å². The van der Waals surface area contributed by atoms with E-state index in [9.17, 15) is 4.79 Å². The molecule has 0 heterocycles. The normalized spacial score (nSPS) is 11.3. The minimum Gasteiger partial charge on any atom is -0.359 e. The third kappa shape index (κ3) is 4.88. The topological polar surface area (TPSA) is 41.1 Å². The molecular formula is C15H24N2O. The standard InChI is InChI=1S/C15H24N2O/c1-15(2,14(18)16-3)12-17-11-7-10-13-8-5-4-6-9-13/h4-6,8-9,17H,7,10-12H2,1-3H3,(H,16,18). The highest BCUT2D eigenvalue weighted by atomic mass is 16.2. The zero-order valence-electron chi connectivity index (χ0n) is 11.6. The highest BCUT2D eigenvalue weighted by molar-refractivity contribution is 5.81. The third-order valence-electron chi connectivity index (χ3n) is 3.07. The Morgan fingerprint density at radius 2 is 1.89 bits per heavy atom. The number of amides is 1. The summed E-state index contributed by atoms with van der Waals surface area (Å²) in [5, 5.41) is 6.04. The SMILES string of the molecule is CNC(=O)C(C)(C)CNCCCc1ccccc1. The number of aryl methyl sites for hydroxylation is 1. The largest absolute Gasteiger partial charge is 0.359 e. The molecule has 1 aromatic carbocycles. The van der Waals surface area contributed by atoms with Gasteiger partial charge in [0, 0.05) is 13.6 Å². The molecule has 0 saturated heterocycles. The Morgan fingerprint density at radius 1 is 1.22 bits per heavy atom. The molecule has 0 aliphatic carbocycles. The van der Waals surface area contributed by atoms with Gasteiger partial charge in [-0.05, 0) is 38.8 Å². The summed E-state index contributed by atoms with van der Waals surface area (Å²) in [4.78, 5) is 11.6. The van der Waals surface area contributed by atoms with Gasteiger partial charge < -0.3 is 10.6 Å². The fourth-order valence-electron chi connectivity index (χ4n) is 1.88. The zero-order chi connectivity index (χ0) is 13.4. The van der Waals surface area contributed by atoms with E-state index in [4.69, 9.17) is 0 Å². The molecule has 1 amide bonds. The summed E-state index contributed by atoms with van der Waals surface area (Å²) >= 11 is 0. The summed E-state index contributed by atoms with van der Waals surface area (Å²) in [5.41, 5.74) is 1.02. The summed E-state index contributed by atoms with van der Waals surface area (Å²) in [6.45, 7) is 5.56. The highest BCUT2D eigenvalue weighted by Gasteiger charge is 2.25. The first-order chi connectivity index (χ1) is 8.56. The van der Waals surface area contributed by atoms with Gasteiger partial charge >= 0.3 is 0 Å². The van der Waals surface area contributed by atoms with Crippen molar-refractivity contribution >= 4 is 5.91 Å². The van der Waals surface area contributed by atoms with E-state index < -0.39 is 0 Å². The van der Waals surface area contributed by atoms with Crippen molar-refractivity contribution in [1.29, 1.82) is 0 Å². The minimum atomic E-state index is -0.346. The summed E-state index contributed by atoms with van der Waals surface area (Å²) in [7, 11) is 1.68. The molecule has 3 nitrogen and oxygen atoms in total. The molecule has 0 saturated carbocycles. The van der Waals surface area contributed by atoms with Crippen LogP contribution in [0.3, 0.4) is 0 Å². The van der Waals surface area contributed by atoms with Crippen molar-refractivity contribution in [3.8, 4) is 0 Å². The Labute approximate surface area is 110 Å². The van der Waals surface area contributed by atoms with Crippen LogP contribution in [-0.2, 0) is 11.2 Å². The van der Waals surface area contributed by atoms with Crippen molar-refractivity contribution in [1.82, 2.24) is 10.6 Å². The first kappa shape index (κ1) is 14.7. The second kappa shape index (κ2) is 7.17. The quantitative estimate of drug-likeness (QED) is 0.724. The van der Waals surface area contributed by atoms with Gasteiger partial charge in [0.2, 0.25) is 5.91 Å². The van der Waals surface area contributed by atoms with E-state index in [1.165, 1.54) is 5.56 Å². The summed E-state index contributed by atoms with van der Waals surface area (Å²) in [5.74, 6) is 0.0815. The van der Waals surface area contributed by atoms with E-state index in [2.05, 4.69) is 34.9 Å². The molecule has 0 unspecified atom stereocenters. The van der Waals surface area contributed by atoms with Crippen LogP contribution in [0, 0.1) is 5.41 Å². The monoisotopic (exact) mass is 248 g/mol. The molecule has 1 rings (SSSR count). The maximum Gasteiger partial charge on any atom is 0.226 e. The summed E-state index contributed by atoms with van der Waals surface area (Å²) in [6, 6.07) is 10.5. The van der Waals surface area contributed by atoms with E-state index >= 15 is 0 Å². The summed E-state index contributed by atoms with van der Waals surface area (Å²) in [6.07, 6.45) is 2.17. The highest BCUT2D eigenvalue weighted by Crippen LogP contribution is 2.13. The minimum absolute atomic E-state index is 0.0815. The molecule has 100 valence electrons. The fraction of sp³-hybridized carbons (Fsp3) is 0.533. The first-order valence-corrected chi connectivity index (χ1v) is 6.53. The lowest BCUT2D eigenvalue weighted by atomic mass is 9.92. The molecule has 0 aliphatic heterocycles. The van der Waals surface area contributed by atoms with Crippen LogP contribution >= 0.6 is 0 Å². The molecule has 0 bridgehead atoms. The number of carbonyl (C=O) groups excluding carboxylic acids is 1. The number of benzene rings is 1. The number of rotatable bonds is 7. The molecule has 0 radical (unpaired) electrons. The van der Waals surface area contributed by atoms with Crippen LogP contribution < -0.4 is 10.6 Å². The van der Waals surface area contributed by atoms with Gasteiger partial charge in [-0.3, -0.25) is 4.79 Å². The lowest BCUT2D eigenvalue weighted by Gasteiger charge is -2.22.